The van der Waals surface area contributed by atoms with Crippen LogP contribution in [0.25, 0.3) is 0 Å². The van der Waals surface area contributed by atoms with Gasteiger partial charge in [0.05, 0.1) is 5.33 Å². The lowest BCUT2D eigenvalue weighted by Crippen LogP contribution is -1.72. The molecule has 0 rings (SSSR count). The molecule has 0 bridgehead atoms. The molecule has 0 aromatic heterocycles. The van der Waals surface area contributed by atoms with Gasteiger partial charge in [-0.3, -0.25) is 0 Å². The van der Waals surface area contributed by atoms with Gasteiger partial charge in [-0.25, -0.2) is 0 Å². The molecule has 0 saturated heterocycles. The first-order chi connectivity index (χ1) is 4.18. The van der Waals surface area contributed by atoms with Gasteiger partial charge in [0.1, 0.15) is 0 Å². The van der Waals surface area contributed by atoms with Crippen molar-refractivity contribution in [2.45, 2.75) is 26.2 Å². The maximum atomic E-state index is 3.93. The molecule has 9 heavy (non-hydrogen) atoms. The van der Waals surface area contributed by atoms with Crippen LogP contribution in [0.15, 0.2) is 11.9 Å². The van der Waals surface area contributed by atoms with E-state index in [1.54, 1.807) is 0 Å². The van der Waals surface area contributed by atoms with Gasteiger partial charge in [-0.1, -0.05) is 19.9 Å². The van der Waals surface area contributed by atoms with Gasteiger partial charge in [-0.05, 0) is 49.1 Å². The molecule has 0 unspecified atom stereocenters. The highest BCUT2D eigenvalue weighted by atomic mass is 79.9. The molecule has 0 nitrogen and oxygen atoms in total. The summed E-state index contributed by atoms with van der Waals surface area (Å²) in [6.07, 6.45) is 3.66. The van der Waals surface area contributed by atoms with Crippen molar-refractivity contribution >= 4 is 36.3 Å². The van der Waals surface area contributed by atoms with Crippen LogP contribution in [-0.4, -0.2) is 0 Å². The Labute approximate surface area is 74.3 Å². The van der Waals surface area contributed by atoms with Crippen LogP contribution in [0.1, 0.15) is 26.2 Å². The van der Waals surface area contributed by atoms with Gasteiger partial charge in [0.25, 0.3) is 0 Å². The van der Waals surface area contributed by atoms with E-state index >= 15 is 0 Å². The molecule has 0 aromatic carbocycles. The van der Waals surface area contributed by atoms with E-state index in [9.17, 15) is 0 Å². The fourth-order valence-electron chi connectivity index (χ4n) is 0.465. The normalized spacial score (nSPS) is 10.2. The summed E-state index contributed by atoms with van der Waals surface area (Å²) in [6.45, 7) is 6.12. The number of hydrogen-bond donors (Lipinski definition) is 0. The van der Waals surface area contributed by atoms with Crippen LogP contribution >= 0.6 is 36.3 Å². The third-order valence-electron chi connectivity index (χ3n) is 1.06. The summed E-state index contributed by atoms with van der Waals surface area (Å²) in [5.41, 5.74) is 0. The quantitative estimate of drug-likeness (QED) is 0.646. The van der Waals surface area contributed by atoms with Crippen LogP contribution in [0.5, 0.6) is 0 Å². The second kappa shape index (κ2) is 5.88. The summed E-state index contributed by atoms with van der Waals surface area (Å²) in [4.78, 5) is 0. The third kappa shape index (κ3) is 5.57. The van der Waals surface area contributed by atoms with Crippen molar-refractivity contribution in [2.24, 2.45) is 0 Å². The number of hydrogen-bond acceptors (Lipinski definition) is 0. The first-order valence-electron chi connectivity index (χ1n) is 2.98. The molecule has 0 aliphatic heterocycles. The van der Waals surface area contributed by atoms with Crippen molar-refractivity contribution in [2.75, 3.05) is 0 Å². The molecule has 0 aromatic rings. The van der Waals surface area contributed by atoms with E-state index in [1.165, 1.54) is 18.2 Å². The molecule has 0 N–H and O–H groups in total. The molecular formula is C6H11Br2P. The molecule has 0 aliphatic rings. The van der Waals surface area contributed by atoms with Crippen molar-refractivity contribution in [3.8, 4) is 0 Å². The van der Waals surface area contributed by atoms with E-state index < -0.39 is 0 Å². The average Bonchev–Trinajstić information content (AvgIpc) is 1.82. The fourth-order valence-corrected chi connectivity index (χ4v) is 1.86. The minimum atomic E-state index is -0.243. The van der Waals surface area contributed by atoms with Crippen LogP contribution in [-0.2, 0) is 0 Å². The molecule has 0 aliphatic carbocycles. The lowest BCUT2D eigenvalue weighted by molar-refractivity contribution is 0.810. The molecule has 54 valence electrons. The number of unbranched alkanes of at least 4 members (excludes halogenated alkanes) is 1. The third-order valence-corrected chi connectivity index (χ3v) is 4.77. The van der Waals surface area contributed by atoms with Crippen LogP contribution in [0.3, 0.4) is 0 Å². The summed E-state index contributed by atoms with van der Waals surface area (Å²) in [7, 11) is 0. The highest BCUT2D eigenvalue weighted by Crippen LogP contribution is 2.59. The number of allylic oxidation sites excluding steroid dienone is 1. The number of halogens is 2. The van der Waals surface area contributed by atoms with Gasteiger partial charge in [0.2, 0.25) is 0 Å². The van der Waals surface area contributed by atoms with E-state index in [0.717, 1.165) is 6.42 Å². The molecule has 0 saturated carbocycles. The van der Waals surface area contributed by atoms with Crippen LogP contribution in [0.4, 0.5) is 0 Å². The lowest BCUT2D eigenvalue weighted by atomic mass is 10.2. The Kier molecular flexibility index (Phi) is 6.62. The van der Waals surface area contributed by atoms with Crippen molar-refractivity contribution in [1.29, 1.82) is 0 Å². The van der Waals surface area contributed by atoms with Crippen LogP contribution in [0.2, 0.25) is 0 Å². The fraction of sp³-hybridized carbons (Fsp3) is 0.667. The molecule has 0 atom stereocenters. The van der Waals surface area contributed by atoms with Crippen LogP contribution in [0, 0.1) is 0 Å². The summed E-state index contributed by atoms with van der Waals surface area (Å²) in [5.74, 6) is 0. The predicted molar refractivity (Wildman–Crippen MR) is 53.4 cm³/mol. The second-order valence-electron chi connectivity index (χ2n) is 1.90. The predicted octanol–water partition coefficient (Wildman–Crippen LogP) is 4.79. The summed E-state index contributed by atoms with van der Waals surface area (Å²) in [5, 5.41) is 1.06. The minimum Gasteiger partial charge on any atom is -0.0938 e. The van der Waals surface area contributed by atoms with E-state index in [0.29, 0.717) is 0 Å². The first-order valence-corrected chi connectivity index (χ1v) is 8.35. The van der Waals surface area contributed by atoms with E-state index in [1.807, 2.05) is 0 Å². The Bertz CT molecular complexity index is 91.1. The van der Waals surface area contributed by atoms with Gasteiger partial charge in [-0.15, -0.1) is 0 Å². The first kappa shape index (κ1) is 10.1. The molecular weight excluding hydrogens is 263 g/mol. The molecule has 3 heteroatoms. The topological polar surface area (TPSA) is 0 Å². The summed E-state index contributed by atoms with van der Waals surface area (Å²) < 4.78 is 0. The summed E-state index contributed by atoms with van der Waals surface area (Å²) >= 11 is 6.90. The molecule has 0 spiro atoms. The zero-order valence-corrected chi connectivity index (χ0v) is 9.60. The highest BCUT2D eigenvalue weighted by Gasteiger charge is 2.01. The van der Waals surface area contributed by atoms with E-state index in [4.69, 9.17) is 0 Å². The molecule has 0 amide bonds. The largest absolute Gasteiger partial charge is 0.0938 e. The van der Waals surface area contributed by atoms with Gasteiger partial charge < -0.3 is 0 Å². The van der Waals surface area contributed by atoms with Crippen molar-refractivity contribution in [1.82, 2.24) is 0 Å². The SMILES string of the molecule is C=C(CCCC)P(Br)Br. The van der Waals surface area contributed by atoms with Gasteiger partial charge in [-0.2, -0.15) is 0 Å². The minimum absolute atomic E-state index is 0.243. The zero-order chi connectivity index (χ0) is 7.28. The van der Waals surface area contributed by atoms with Gasteiger partial charge in [0, 0.05) is 0 Å². The molecule has 0 radical (unpaired) electrons. The van der Waals surface area contributed by atoms with Crippen molar-refractivity contribution in [3.05, 3.63) is 11.9 Å². The summed E-state index contributed by atoms with van der Waals surface area (Å²) in [6, 6.07) is 0. The zero-order valence-electron chi connectivity index (χ0n) is 5.53. The van der Waals surface area contributed by atoms with Gasteiger partial charge in [0.15, 0.2) is 0 Å². The van der Waals surface area contributed by atoms with Crippen molar-refractivity contribution < 1.29 is 0 Å². The molecule has 0 fully saturated rings. The molecule has 0 heterocycles. The maximum Gasteiger partial charge on any atom is 0.0607 e. The van der Waals surface area contributed by atoms with E-state index in [-0.39, 0.29) is 5.33 Å². The monoisotopic (exact) mass is 272 g/mol. The van der Waals surface area contributed by atoms with Crippen molar-refractivity contribution in [3.63, 3.8) is 0 Å². The Morgan fingerprint density at radius 2 is 2.11 bits per heavy atom. The smallest absolute Gasteiger partial charge is 0.0607 e. The Morgan fingerprint density at radius 1 is 1.56 bits per heavy atom. The Morgan fingerprint density at radius 3 is 2.44 bits per heavy atom. The van der Waals surface area contributed by atoms with E-state index in [2.05, 4.69) is 44.5 Å². The lowest BCUT2D eigenvalue weighted by Gasteiger charge is -2.03. The van der Waals surface area contributed by atoms with Crippen LogP contribution < -0.4 is 0 Å². The second-order valence-corrected chi connectivity index (χ2v) is 10.1. The highest BCUT2D eigenvalue weighted by molar-refractivity contribution is 9.70. The van der Waals surface area contributed by atoms with Gasteiger partial charge >= 0.3 is 0 Å². The maximum absolute atomic E-state index is 3.93. The average molecular weight is 274 g/mol. The Balaban J connectivity index is 3.28. The Hall–Kier alpha value is 1.13. The number of rotatable bonds is 4. The standard InChI is InChI=1S/C6H11Br2P/c1-3-4-5-6(2)9(7)8/h2-5H2,1H3.